The van der Waals surface area contributed by atoms with E-state index in [-0.39, 0.29) is 0 Å². The van der Waals surface area contributed by atoms with Gasteiger partial charge >= 0.3 is 0 Å². The molecule has 1 heterocycles. The van der Waals surface area contributed by atoms with Gasteiger partial charge in [0.25, 0.3) is 0 Å². The SMILES string of the molecule is COc1ccc(-c2cscc2CN)c(C)c1C. The average molecular weight is 247 g/mol. The van der Waals surface area contributed by atoms with E-state index in [1.54, 1.807) is 18.4 Å². The van der Waals surface area contributed by atoms with E-state index < -0.39 is 0 Å². The zero-order valence-corrected chi connectivity index (χ0v) is 11.2. The summed E-state index contributed by atoms with van der Waals surface area (Å²) >= 11 is 1.70. The Morgan fingerprint density at radius 3 is 2.53 bits per heavy atom. The molecule has 0 saturated heterocycles. The summed E-state index contributed by atoms with van der Waals surface area (Å²) in [5.41, 5.74) is 11.9. The zero-order valence-electron chi connectivity index (χ0n) is 10.4. The minimum atomic E-state index is 0.587. The number of hydrogen-bond donors (Lipinski definition) is 1. The molecule has 0 atom stereocenters. The standard InChI is InChI=1S/C14H17NOS/c1-9-10(2)14(16-3)5-4-12(9)13-8-17-7-11(13)6-15/h4-5,7-8H,6,15H2,1-3H3. The Hall–Kier alpha value is -1.32. The molecule has 2 rings (SSSR count). The van der Waals surface area contributed by atoms with Gasteiger partial charge in [-0.3, -0.25) is 0 Å². The summed E-state index contributed by atoms with van der Waals surface area (Å²) in [5, 5.41) is 4.28. The van der Waals surface area contributed by atoms with Crippen LogP contribution in [-0.2, 0) is 6.54 Å². The largest absolute Gasteiger partial charge is 0.496 e. The molecule has 3 heteroatoms. The smallest absolute Gasteiger partial charge is 0.122 e. The molecule has 0 radical (unpaired) electrons. The fourth-order valence-corrected chi connectivity index (χ4v) is 2.90. The molecule has 0 fully saturated rings. The van der Waals surface area contributed by atoms with Crippen molar-refractivity contribution in [2.24, 2.45) is 5.73 Å². The van der Waals surface area contributed by atoms with E-state index in [0.717, 1.165) is 5.75 Å². The summed E-state index contributed by atoms with van der Waals surface area (Å²) < 4.78 is 5.33. The van der Waals surface area contributed by atoms with Gasteiger partial charge in [-0.05, 0) is 58.5 Å². The highest BCUT2D eigenvalue weighted by Crippen LogP contribution is 2.34. The van der Waals surface area contributed by atoms with Gasteiger partial charge in [0.05, 0.1) is 7.11 Å². The lowest BCUT2D eigenvalue weighted by atomic mass is 9.96. The van der Waals surface area contributed by atoms with Crippen molar-refractivity contribution in [2.45, 2.75) is 20.4 Å². The Bertz CT molecular complexity index is 531. The summed E-state index contributed by atoms with van der Waals surface area (Å²) in [5.74, 6) is 0.941. The lowest BCUT2D eigenvalue weighted by Gasteiger charge is -2.13. The topological polar surface area (TPSA) is 35.2 Å². The zero-order chi connectivity index (χ0) is 12.4. The van der Waals surface area contributed by atoms with Gasteiger partial charge in [0.1, 0.15) is 5.75 Å². The number of ether oxygens (including phenoxy) is 1. The van der Waals surface area contributed by atoms with Crippen LogP contribution in [0.3, 0.4) is 0 Å². The van der Waals surface area contributed by atoms with Crippen LogP contribution in [0, 0.1) is 13.8 Å². The van der Waals surface area contributed by atoms with Gasteiger partial charge < -0.3 is 10.5 Å². The van der Waals surface area contributed by atoms with E-state index in [1.165, 1.54) is 27.8 Å². The van der Waals surface area contributed by atoms with Crippen LogP contribution in [0.5, 0.6) is 5.75 Å². The molecule has 2 N–H and O–H groups in total. The number of methoxy groups -OCH3 is 1. The van der Waals surface area contributed by atoms with Crippen LogP contribution in [0.1, 0.15) is 16.7 Å². The second-order valence-electron chi connectivity index (χ2n) is 4.08. The molecular formula is C14H17NOS. The van der Waals surface area contributed by atoms with Crippen LogP contribution >= 0.6 is 11.3 Å². The second-order valence-corrected chi connectivity index (χ2v) is 4.82. The molecular weight excluding hydrogens is 230 g/mol. The van der Waals surface area contributed by atoms with Crippen molar-refractivity contribution in [1.29, 1.82) is 0 Å². The lowest BCUT2D eigenvalue weighted by Crippen LogP contribution is -1.98. The molecule has 0 unspecified atom stereocenters. The van der Waals surface area contributed by atoms with E-state index in [4.69, 9.17) is 10.5 Å². The molecule has 0 aliphatic carbocycles. The van der Waals surface area contributed by atoms with Crippen LogP contribution in [0.4, 0.5) is 0 Å². The molecule has 1 aromatic carbocycles. The highest BCUT2D eigenvalue weighted by atomic mass is 32.1. The summed E-state index contributed by atoms with van der Waals surface area (Å²) in [6.45, 7) is 4.81. The van der Waals surface area contributed by atoms with Gasteiger partial charge in [-0.25, -0.2) is 0 Å². The van der Waals surface area contributed by atoms with Crippen molar-refractivity contribution in [3.8, 4) is 16.9 Å². The van der Waals surface area contributed by atoms with Gasteiger partial charge in [-0.15, -0.1) is 0 Å². The first-order valence-corrected chi connectivity index (χ1v) is 6.53. The summed E-state index contributed by atoms with van der Waals surface area (Å²) in [4.78, 5) is 0. The van der Waals surface area contributed by atoms with Crippen molar-refractivity contribution in [3.05, 3.63) is 39.6 Å². The average Bonchev–Trinajstić information content (AvgIpc) is 2.80. The number of thiophene rings is 1. The second kappa shape index (κ2) is 4.90. The molecule has 1 aromatic heterocycles. The van der Waals surface area contributed by atoms with Crippen molar-refractivity contribution in [1.82, 2.24) is 0 Å². The molecule has 0 aliphatic heterocycles. The molecule has 0 bridgehead atoms. The fourth-order valence-electron chi connectivity index (χ4n) is 2.03. The van der Waals surface area contributed by atoms with Gasteiger partial charge in [-0.2, -0.15) is 11.3 Å². The Kier molecular flexibility index (Phi) is 3.50. The van der Waals surface area contributed by atoms with E-state index in [0.29, 0.717) is 6.54 Å². The third-order valence-electron chi connectivity index (χ3n) is 3.21. The highest BCUT2D eigenvalue weighted by molar-refractivity contribution is 7.08. The Morgan fingerprint density at radius 1 is 1.12 bits per heavy atom. The minimum absolute atomic E-state index is 0.587. The quantitative estimate of drug-likeness (QED) is 0.901. The van der Waals surface area contributed by atoms with Crippen molar-refractivity contribution >= 4 is 11.3 Å². The van der Waals surface area contributed by atoms with Gasteiger partial charge in [0, 0.05) is 6.54 Å². The first-order valence-electron chi connectivity index (χ1n) is 5.58. The number of benzene rings is 1. The minimum Gasteiger partial charge on any atom is -0.496 e. The Labute approximate surface area is 106 Å². The predicted molar refractivity (Wildman–Crippen MR) is 73.7 cm³/mol. The predicted octanol–water partition coefficient (Wildman–Crippen LogP) is 3.50. The van der Waals surface area contributed by atoms with Crippen LogP contribution in [0.15, 0.2) is 22.9 Å². The summed E-state index contributed by atoms with van der Waals surface area (Å²) in [6, 6.07) is 4.14. The monoisotopic (exact) mass is 247 g/mol. The van der Waals surface area contributed by atoms with Crippen molar-refractivity contribution in [3.63, 3.8) is 0 Å². The first-order chi connectivity index (χ1) is 8.19. The van der Waals surface area contributed by atoms with Crippen molar-refractivity contribution < 1.29 is 4.74 Å². The normalized spacial score (nSPS) is 10.6. The number of nitrogens with two attached hydrogens (primary N) is 1. The van der Waals surface area contributed by atoms with E-state index in [2.05, 4.69) is 30.7 Å². The van der Waals surface area contributed by atoms with E-state index in [1.807, 2.05) is 6.07 Å². The molecule has 2 nitrogen and oxygen atoms in total. The maximum absolute atomic E-state index is 5.76. The maximum Gasteiger partial charge on any atom is 0.122 e. The fraction of sp³-hybridized carbons (Fsp3) is 0.286. The van der Waals surface area contributed by atoms with Crippen LogP contribution in [-0.4, -0.2) is 7.11 Å². The third kappa shape index (κ3) is 2.08. The molecule has 2 aromatic rings. The molecule has 0 spiro atoms. The Balaban J connectivity index is 2.57. The van der Waals surface area contributed by atoms with Gasteiger partial charge in [-0.1, -0.05) is 6.07 Å². The Morgan fingerprint density at radius 2 is 1.88 bits per heavy atom. The maximum atomic E-state index is 5.76. The lowest BCUT2D eigenvalue weighted by molar-refractivity contribution is 0.411. The van der Waals surface area contributed by atoms with Gasteiger partial charge in [0.2, 0.25) is 0 Å². The summed E-state index contributed by atoms with van der Waals surface area (Å²) in [7, 11) is 1.71. The molecule has 17 heavy (non-hydrogen) atoms. The van der Waals surface area contributed by atoms with E-state index >= 15 is 0 Å². The molecule has 90 valence electrons. The first kappa shape index (κ1) is 12.1. The van der Waals surface area contributed by atoms with Crippen LogP contribution in [0.2, 0.25) is 0 Å². The van der Waals surface area contributed by atoms with Gasteiger partial charge in [0.15, 0.2) is 0 Å². The highest BCUT2D eigenvalue weighted by Gasteiger charge is 2.11. The summed E-state index contributed by atoms with van der Waals surface area (Å²) in [6.07, 6.45) is 0. The molecule has 0 aliphatic rings. The molecule has 0 saturated carbocycles. The molecule has 0 amide bonds. The third-order valence-corrected chi connectivity index (χ3v) is 4.00. The number of hydrogen-bond acceptors (Lipinski definition) is 3. The van der Waals surface area contributed by atoms with Crippen LogP contribution < -0.4 is 10.5 Å². The van der Waals surface area contributed by atoms with Crippen molar-refractivity contribution in [2.75, 3.05) is 7.11 Å². The van der Waals surface area contributed by atoms with E-state index in [9.17, 15) is 0 Å². The van der Waals surface area contributed by atoms with Crippen LogP contribution in [0.25, 0.3) is 11.1 Å². The number of rotatable bonds is 3.